The van der Waals surface area contributed by atoms with E-state index in [0.717, 1.165) is 41.7 Å². The van der Waals surface area contributed by atoms with Gasteiger partial charge in [0.15, 0.2) is 5.69 Å². The van der Waals surface area contributed by atoms with E-state index < -0.39 is 5.97 Å². The minimum absolute atomic E-state index is 0.128. The van der Waals surface area contributed by atoms with Crippen molar-refractivity contribution in [3.8, 4) is 22.6 Å². The number of carboxylic acid groups (broad SMARTS) is 1. The summed E-state index contributed by atoms with van der Waals surface area (Å²) in [6.45, 7) is 10.4. The predicted molar refractivity (Wildman–Crippen MR) is 156 cm³/mol. The maximum atomic E-state index is 11.2. The molecule has 0 bridgehead atoms. The third-order valence-corrected chi connectivity index (χ3v) is 7.37. The maximum Gasteiger partial charge on any atom is 0.317 e. The first-order valence-corrected chi connectivity index (χ1v) is 13.5. The van der Waals surface area contributed by atoms with Crippen LogP contribution in [0.1, 0.15) is 39.8 Å². The highest BCUT2D eigenvalue weighted by atomic mass is 16.5. The first-order chi connectivity index (χ1) is 19.5. The van der Waals surface area contributed by atoms with Crippen molar-refractivity contribution in [1.29, 1.82) is 0 Å². The lowest BCUT2D eigenvalue weighted by Gasteiger charge is -2.20. The predicted octanol–water partition coefficient (Wildman–Crippen LogP) is 7.03. The Labute approximate surface area is 235 Å². The molecule has 0 aliphatic heterocycles. The van der Waals surface area contributed by atoms with Crippen LogP contribution in [-0.4, -0.2) is 17.6 Å². The molecule has 0 radical (unpaired) electrons. The molecule has 40 heavy (non-hydrogen) atoms. The van der Waals surface area contributed by atoms with Crippen molar-refractivity contribution in [3.63, 3.8) is 0 Å². The van der Waals surface area contributed by atoms with Gasteiger partial charge in [-0.05, 0) is 71.2 Å². The number of ether oxygens (including phenoxy) is 2. The van der Waals surface area contributed by atoms with E-state index in [1.807, 2.05) is 42.5 Å². The minimum atomic E-state index is -0.900. The molecular weight excluding hydrogens is 500 g/mol. The fourth-order valence-electron chi connectivity index (χ4n) is 5.34. The Hall–Kier alpha value is -4.60. The maximum absolute atomic E-state index is 11.2. The molecule has 0 saturated heterocycles. The summed E-state index contributed by atoms with van der Waals surface area (Å²) in [5, 5.41) is 12.2. The molecule has 1 aliphatic carbocycles. The van der Waals surface area contributed by atoms with Crippen molar-refractivity contribution in [2.45, 2.75) is 45.9 Å². The summed E-state index contributed by atoms with van der Waals surface area (Å²) < 4.78 is 12.8. The normalized spacial score (nSPS) is 12.0. The van der Waals surface area contributed by atoms with Crippen LogP contribution in [0.4, 0.5) is 5.69 Å². The van der Waals surface area contributed by atoms with Gasteiger partial charge < -0.3 is 19.9 Å². The smallest absolute Gasteiger partial charge is 0.317 e. The van der Waals surface area contributed by atoms with Crippen LogP contribution < -0.4 is 14.8 Å². The van der Waals surface area contributed by atoms with Crippen LogP contribution in [0.2, 0.25) is 0 Å². The monoisotopic (exact) mass is 532 g/mol. The fourth-order valence-corrected chi connectivity index (χ4v) is 5.34. The Morgan fingerprint density at radius 2 is 1.70 bits per heavy atom. The highest BCUT2D eigenvalue weighted by Gasteiger charge is 2.24. The van der Waals surface area contributed by atoms with E-state index in [2.05, 4.69) is 47.4 Å². The minimum Gasteiger partial charge on any atom is -0.488 e. The van der Waals surface area contributed by atoms with Crippen molar-refractivity contribution in [2.75, 3.05) is 6.54 Å². The van der Waals surface area contributed by atoms with Crippen LogP contribution in [0.3, 0.4) is 0 Å². The van der Waals surface area contributed by atoms with E-state index >= 15 is 0 Å². The molecule has 0 atom stereocenters. The second kappa shape index (κ2) is 12.5. The van der Waals surface area contributed by atoms with Crippen molar-refractivity contribution in [3.05, 3.63) is 124 Å². The molecule has 0 amide bonds. The van der Waals surface area contributed by atoms with Gasteiger partial charge >= 0.3 is 5.97 Å². The number of rotatable bonds is 11. The molecule has 0 aromatic heterocycles. The van der Waals surface area contributed by atoms with Crippen molar-refractivity contribution in [1.82, 2.24) is 5.32 Å². The van der Waals surface area contributed by atoms with Crippen molar-refractivity contribution < 1.29 is 19.4 Å². The van der Waals surface area contributed by atoms with Crippen LogP contribution >= 0.6 is 0 Å². The Morgan fingerprint density at radius 3 is 2.50 bits per heavy atom. The summed E-state index contributed by atoms with van der Waals surface area (Å²) in [5.41, 5.74) is 9.47. The number of carbonyl (C=O) groups is 1. The third-order valence-electron chi connectivity index (χ3n) is 7.37. The van der Waals surface area contributed by atoms with Gasteiger partial charge in [-0.25, -0.2) is 4.85 Å². The number of benzene rings is 4. The largest absolute Gasteiger partial charge is 0.488 e. The molecule has 1 aliphatic rings. The second-order valence-corrected chi connectivity index (χ2v) is 9.97. The van der Waals surface area contributed by atoms with Gasteiger partial charge in [0, 0.05) is 18.2 Å². The Bertz CT molecular complexity index is 1560. The zero-order chi connectivity index (χ0) is 27.9. The van der Waals surface area contributed by atoms with Crippen LogP contribution in [0.5, 0.6) is 11.5 Å². The summed E-state index contributed by atoms with van der Waals surface area (Å²) in [5.74, 6) is 0.587. The third kappa shape index (κ3) is 6.17. The Balaban J connectivity index is 1.43. The summed E-state index contributed by atoms with van der Waals surface area (Å²) in [7, 11) is 0. The van der Waals surface area contributed by atoms with E-state index in [-0.39, 0.29) is 6.54 Å². The highest BCUT2D eigenvalue weighted by Crippen LogP contribution is 2.40. The number of nitrogens with zero attached hydrogens (tertiary/aromatic N) is 1. The topological polar surface area (TPSA) is 72.2 Å². The van der Waals surface area contributed by atoms with Crippen LogP contribution in [-0.2, 0) is 37.4 Å². The molecule has 0 unspecified atom stereocenters. The van der Waals surface area contributed by atoms with Crippen molar-refractivity contribution >= 4 is 11.7 Å². The van der Waals surface area contributed by atoms with E-state index in [1.165, 1.54) is 27.8 Å². The second-order valence-electron chi connectivity index (χ2n) is 9.97. The summed E-state index contributed by atoms with van der Waals surface area (Å²) in [6.07, 6.45) is 2.81. The van der Waals surface area contributed by atoms with E-state index in [9.17, 15) is 4.79 Å². The molecule has 6 heteroatoms. The van der Waals surface area contributed by atoms with E-state index in [4.69, 9.17) is 21.2 Å². The van der Waals surface area contributed by atoms with Gasteiger partial charge in [0.1, 0.15) is 24.7 Å². The van der Waals surface area contributed by atoms with E-state index in [0.29, 0.717) is 31.2 Å². The first-order valence-electron chi connectivity index (χ1n) is 13.5. The zero-order valence-corrected chi connectivity index (χ0v) is 22.6. The number of hydrogen-bond acceptors (Lipinski definition) is 4. The molecule has 0 fully saturated rings. The van der Waals surface area contributed by atoms with Crippen LogP contribution in [0, 0.1) is 13.5 Å². The van der Waals surface area contributed by atoms with Crippen LogP contribution in [0.25, 0.3) is 16.0 Å². The number of aliphatic carboxylic acids is 1. The molecule has 0 saturated carbocycles. The number of fused-ring (bicyclic) bond motifs is 1. The summed E-state index contributed by atoms with van der Waals surface area (Å²) in [6, 6.07) is 26.0. The average Bonchev–Trinajstić information content (AvgIpc) is 3.47. The van der Waals surface area contributed by atoms with E-state index in [1.54, 1.807) is 6.07 Å². The van der Waals surface area contributed by atoms with Gasteiger partial charge in [-0.15, -0.1) is 0 Å². The van der Waals surface area contributed by atoms with Gasteiger partial charge in [-0.2, -0.15) is 0 Å². The molecule has 0 heterocycles. The zero-order valence-electron chi connectivity index (χ0n) is 22.6. The Morgan fingerprint density at radius 1 is 0.925 bits per heavy atom. The molecule has 4 aromatic carbocycles. The molecule has 2 N–H and O–H groups in total. The van der Waals surface area contributed by atoms with Gasteiger partial charge in [-0.1, -0.05) is 66.7 Å². The number of carboxylic acids is 1. The molecule has 6 nitrogen and oxygen atoms in total. The molecule has 5 rings (SSSR count). The number of nitrogens with one attached hydrogen (secondary N) is 1. The lowest BCUT2D eigenvalue weighted by atomic mass is 9.97. The summed E-state index contributed by atoms with van der Waals surface area (Å²) >= 11 is 0. The molecule has 202 valence electrons. The Kier molecular flexibility index (Phi) is 8.44. The molecular formula is C34H32N2O4. The van der Waals surface area contributed by atoms with Gasteiger partial charge in [-0.3, -0.25) is 4.79 Å². The lowest BCUT2D eigenvalue weighted by Crippen LogP contribution is -2.23. The van der Waals surface area contributed by atoms with Gasteiger partial charge in [0.2, 0.25) is 0 Å². The number of hydrogen-bond donors (Lipinski definition) is 2. The lowest BCUT2D eigenvalue weighted by molar-refractivity contribution is -0.136. The van der Waals surface area contributed by atoms with Crippen molar-refractivity contribution in [2.24, 2.45) is 0 Å². The standard InChI is InChI=1S/C34H32N2O4/c1-23-26(12-7-14-28(23)25-10-4-3-5-11-25)22-40-32-18-33(39-21-24-9-6-13-27(17-24)35-2)31(19-36-20-34(37)38)29-15-8-16-30(29)32/h3-7,9-14,17-18,36H,8,15-16,19-22H2,1H3,(H,37,38). The van der Waals surface area contributed by atoms with Gasteiger partial charge in [0.25, 0.3) is 0 Å². The molecule has 4 aromatic rings. The fraction of sp³-hybridized carbons (Fsp3) is 0.235. The average molecular weight is 533 g/mol. The quantitative estimate of drug-likeness (QED) is 0.203. The summed E-state index contributed by atoms with van der Waals surface area (Å²) in [4.78, 5) is 14.7. The highest BCUT2D eigenvalue weighted by molar-refractivity contribution is 5.69. The molecule has 0 spiro atoms. The van der Waals surface area contributed by atoms with Gasteiger partial charge in [0.05, 0.1) is 13.1 Å². The SMILES string of the molecule is [C-]#[N+]c1cccc(COc2cc(OCc3cccc(-c4ccccc4)c3C)c3c(c2CNCC(=O)O)CCC3)c1. The first kappa shape index (κ1) is 27.0. The van der Waals surface area contributed by atoms with Crippen LogP contribution in [0.15, 0.2) is 78.9 Å².